The zero-order valence-electron chi connectivity index (χ0n) is 7.99. The summed E-state index contributed by atoms with van der Waals surface area (Å²) in [6.45, 7) is 0.0342. The van der Waals surface area contributed by atoms with E-state index in [1.807, 2.05) is 0 Å². The molecular formula is C9H7N3O4. The number of nitrogens with one attached hydrogen (secondary N) is 2. The molecule has 2 aromatic rings. The van der Waals surface area contributed by atoms with E-state index in [0.29, 0.717) is 11.5 Å². The van der Waals surface area contributed by atoms with Crippen LogP contribution in [0.2, 0.25) is 0 Å². The zero-order valence-corrected chi connectivity index (χ0v) is 7.99. The standard InChI is InChI=1S/C9H7N3O4/c10-3-1-4-7(16-2-15-4)5-6(3)11-9(14)12-8(5)13/h1H,2,10H2,(H2,11,12,13,14). The minimum Gasteiger partial charge on any atom is -0.453 e. The predicted molar refractivity (Wildman–Crippen MR) is 55.7 cm³/mol. The summed E-state index contributed by atoms with van der Waals surface area (Å²) >= 11 is 0. The number of benzene rings is 1. The van der Waals surface area contributed by atoms with Crippen LogP contribution in [0.25, 0.3) is 10.9 Å². The second kappa shape index (κ2) is 2.78. The van der Waals surface area contributed by atoms with Crippen molar-refractivity contribution in [3.05, 3.63) is 26.9 Å². The number of hydrogen-bond donors (Lipinski definition) is 3. The van der Waals surface area contributed by atoms with Crippen LogP contribution < -0.4 is 26.5 Å². The van der Waals surface area contributed by atoms with Gasteiger partial charge in [0, 0.05) is 6.07 Å². The van der Waals surface area contributed by atoms with Crippen LogP contribution in [-0.4, -0.2) is 16.8 Å². The molecule has 0 amide bonds. The van der Waals surface area contributed by atoms with E-state index in [0.717, 1.165) is 0 Å². The number of fused-ring (bicyclic) bond motifs is 3. The van der Waals surface area contributed by atoms with Crippen molar-refractivity contribution < 1.29 is 9.47 Å². The normalized spacial score (nSPS) is 13.2. The molecule has 0 bridgehead atoms. The van der Waals surface area contributed by atoms with E-state index in [4.69, 9.17) is 15.2 Å². The fourth-order valence-electron chi connectivity index (χ4n) is 1.72. The molecule has 1 aromatic carbocycles. The number of hydrogen-bond acceptors (Lipinski definition) is 5. The van der Waals surface area contributed by atoms with E-state index in [2.05, 4.69) is 9.97 Å². The minimum atomic E-state index is -0.608. The topological polar surface area (TPSA) is 110 Å². The van der Waals surface area contributed by atoms with Crippen LogP contribution in [0.3, 0.4) is 0 Å². The smallest absolute Gasteiger partial charge is 0.326 e. The summed E-state index contributed by atoms with van der Waals surface area (Å²) < 4.78 is 10.3. The molecule has 7 heteroatoms. The van der Waals surface area contributed by atoms with Crippen LogP contribution in [0.4, 0.5) is 5.69 Å². The molecule has 7 nitrogen and oxygen atoms in total. The van der Waals surface area contributed by atoms with Crippen LogP contribution >= 0.6 is 0 Å². The number of nitrogens with two attached hydrogens (primary N) is 1. The molecule has 4 N–H and O–H groups in total. The second-order valence-corrected chi connectivity index (χ2v) is 3.36. The first-order chi connectivity index (χ1) is 7.66. The van der Waals surface area contributed by atoms with Crippen molar-refractivity contribution in [2.75, 3.05) is 12.5 Å². The first-order valence-electron chi connectivity index (χ1n) is 4.51. The molecule has 0 saturated heterocycles. The van der Waals surface area contributed by atoms with Crippen molar-refractivity contribution in [3.8, 4) is 11.5 Å². The van der Waals surface area contributed by atoms with E-state index in [1.165, 1.54) is 6.07 Å². The fraction of sp³-hybridized carbons (Fsp3) is 0.111. The van der Waals surface area contributed by atoms with E-state index >= 15 is 0 Å². The summed E-state index contributed by atoms with van der Waals surface area (Å²) in [6, 6.07) is 1.51. The van der Waals surface area contributed by atoms with Gasteiger partial charge in [0.2, 0.25) is 6.79 Å². The van der Waals surface area contributed by atoms with Crippen molar-refractivity contribution in [3.63, 3.8) is 0 Å². The van der Waals surface area contributed by atoms with Gasteiger partial charge >= 0.3 is 5.69 Å². The van der Waals surface area contributed by atoms with Crippen molar-refractivity contribution in [2.24, 2.45) is 0 Å². The Hall–Kier alpha value is -2.44. The summed E-state index contributed by atoms with van der Waals surface area (Å²) in [5.41, 5.74) is 5.08. The van der Waals surface area contributed by atoms with Gasteiger partial charge in [-0.3, -0.25) is 9.78 Å². The molecule has 0 unspecified atom stereocenters. The lowest BCUT2D eigenvalue weighted by Crippen LogP contribution is -2.22. The average Bonchev–Trinajstić information content (AvgIpc) is 2.65. The minimum absolute atomic E-state index is 0.0342. The van der Waals surface area contributed by atoms with Gasteiger partial charge in [-0.25, -0.2) is 4.79 Å². The first kappa shape index (κ1) is 8.84. The molecule has 1 aromatic heterocycles. The highest BCUT2D eigenvalue weighted by Crippen LogP contribution is 2.39. The number of ether oxygens (including phenoxy) is 2. The summed E-state index contributed by atoms with van der Waals surface area (Å²) in [5.74, 6) is 0.712. The highest BCUT2D eigenvalue weighted by molar-refractivity contribution is 5.95. The molecule has 0 radical (unpaired) electrons. The maximum atomic E-state index is 11.6. The summed E-state index contributed by atoms with van der Waals surface area (Å²) in [6.07, 6.45) is 0. The van der Waals surface area contributed by atoms with Crippen molar-refractivity contribution in [1.29, 1.82) is 0 Å². The molecule has 0 spiro atoms. The highest BCUT2D eigenvalue weighted by Gasteiger charge is 2.21. The third-order valence-corrected chi connectivity index (χ3v) is 2.39. The summed E-state index contributed by atoms with van der Waals surface area (Å²) in [7, 11) is 0. The second-order valence-electron chi connectivity index (χ2n) is 3.36. The Morgan fingerprint density at radius 2 is 2.06 bits per heavy atom. The van der Waals surface area contributed by atoms with Gasteiger partial charge in [0.25, 0.3) is 5.56 Å². The maximum Gasteiger partial charge on any atom is 0.326 e. The number of aromatic nitrogens is 2. The van der Waals surface area contributed by atoms with Crippen LogP contribution in [0.1, 0.15) is 0 Å². The fourth-order valence-corrected chi connectivity index (χ4v) is 1.72. The number of aromatic amines is 2. The molecule has 0 saturated carbocycles. The lowest BCUT2D eigenvalue weighted by Gasteiger charge is -2.03. The van der Waals surface area contributed by atoms with Gasteiger partial charge in [0.05, 0.1) is 11.2 Å². The lowest BCUT2D eigenvalue weighted by molar-refractivity contribution is 0.175. The summed E-state index contributed by atoms with van der Waals surface area (Å²) in [4.78, 5) is 27.3. The van der Waals surface area contributed by atoms with E-state index in [1.54, 1.807) is 0 Å². The molecule has 3 rings (SSSR count). The Morgan fingerprint density at radius 1 is 1.25 bits per heavy atom. The van der Waals surface area contributed by atoms with E-state index in [9.17, 15) is 9.59 Å². The Balaban J connectivity index is 2.60. The predicted octanol–water partition coefficient (Wildman–Crippen LogP) is -0.473. The monoisotopic (exact) mass is 221 g/mol. The number of rotatable bonds is 0. The Morgan fingerprint density at radius 3 is 2.88 bits per heavy atom. The lowest BCUT2D eigenvalue weighted by atomic mass is 10.2. The SMILES string of the molecule is Nc1cc2c(c3c(=O)[nH]c(=O)[nH]c13)OCO2. The van der Waals surface area contributed by atoms with Gasteiger partial charge in [-0.05, 0) is 0 Å². The highest BCUT2D eigenvalue weighted by atomic mass is 16.7. The summed E-state index contributed by atoms with van der Waals surface area (Å²) in [5, 5.41) is 0.201. The van der Waals surface area contributed by atoms with Crippen molar-refractivity contribution in [2.45, 2.75) is 0 Å². The van der Waals surface area contributed by atoms with Crippen LogP contribution in [-0.2, 0) is 0 Å². The molecule has 0 atom stereocenters. The zero-order chi connectivity index (χ0) is 11.3. The Kier molecular flexibility index (Phi) is 1.54. The van der Waals surface area contributed by atoms with Crippen LogP contribution in [0.15, 0.2) is 15.7 Å². The first-order valence-corrected chi connectivity index (χ1v) is 4.51. The quantitative estimate of drug-likeness (QED) is 0.521. The molecule has 2 heterocycles. The molecule has 0 fully saturated rings. The number of nitrogen functional groups attached to an aromatic ring is 1. The van der Waals surface area contributed by atoms with Crippen LogP contribution in [0, 0.1) is 0 Å². The molecule has 16 heavy (non-hydrogen) atoms. The van der Waals surface area contributed by atoms with E-state index < -0.39 is 11.2 Å². The number of anilines is 1. The van der Waals surface area contributed by atoms with Crippen molar-refractivity contribution in [1.82, 2.24) is 9.97 Å². The van der Waals surface area contributed by atoms with E-state index in [-0.39, 0.29) is 23.4 Å². The third kappa shape index (κ3) is 1.02. The largest absolute Gasteiger partial charge is 0.453 e. The molecular weight excluding hydrogens is 214 g/mol. The van der Waals surface area contributed by atoms with Gasteiger partial charge in [-0.2, -0.15) is 0 Å². The van der Waals surface area contributed by atoms with Gasteiger partial charge in [0.15, 0.2) is 11.5 Å². The molecule has 1 aliphatic rings. The van der Waals surface area contributed by atoms with Gasteiger partial charge in [-0.1, -0.05) is 0 Å². The maximum absolute atomic E-state index is 11.6. The van der Waals surface area contributed by atoms with Gasteiger partial charge in [0.1, 0.15) is 5.39 Å². The Labute approximate surface area is 87.8 Å². The van der Waals surface area contributed by atoms with Crippen LogP contribution in [0.5, 0.6) is 11.5 Å². The van der Waals surface area contributed by atoms with Gasteiger partial charge < -0.3 is 20.2 Å². The molecule has 1 aliphatic heterocycles. The van der Waals surface area contributed by atoms with Gasteiger partial charge in [-0.15, -0.1) is 0 Å². The van der Waals surface area contributed by atoms with Crippen molar-refractivity contribution >= 4 is 16.6 Å². The molecule has 0 aliphatic carbocycles. The number of H-pyrrole nitrogens is 2. The average molecular weight is 221 g/mol. The third-order valence-electron chi connectivity index (χ3n) is 2.39. The Bertz CT molecular complexity index is 700. The molecule has 82 valence electrons.